The summed E-state index contributed by atoms with van der Waals surface area (Å²) in [4.78, 5) is 0. The van der Waals surface area contributed by atoms with Crippen LogP contribution in [-0.4, -0.2) is 11.7 Å². The molecule has 102 valence electrons. The van der Waals surface area contributed by atoms with E-state index in [9.17, 15) is 5.11 Å². The van der Waals surface area contributed by atoms with Crippen LogP contribution >= 0.6 is 0 Å². The van der Waals surface area contributed by atoms with Crippen LogP contribution in [0.5, 0.6) is 5.75 Å². The molecule has 0 aromatic heterocycles. The number of rotatable bonds is 5. The number of nitrogens with one attached hydrogen (secondary N) is 1. The summed E-state index contributed by atoms with van der Waals surface area (Å²) in [5, 5.41) is 13.5. The fourth-order valence-corrected chi connectivity index (χ4v) is 1.75. The maximum Gasteiger partial charge on any atom is 0.120 e. The van der Waals surface area contributed by atoms with Gasteiger partial charge in [0.1, 0.15) is 5.75 Å². The van der Waals surface area contributed by atoms with Crippen LogP contribution in [0.1, 0.15) is 51.8 Å². The lowest BCUT2D eigenvalue weighted by atomic mass is 9.81. The van der Waals surface area contributed by atoms with Crippen LogP contribution in [0.3, 0.4) is 0 Å². The normalized spacial score (nSPS) is 13.9. The summed E-state index contributed by atoms with van der Waals surface area (Å²) in [7, 11) is 0. The lowest BCUT2D eigenvalue weighted by Gasteiger charge is -2.31. The molecule has 0 aliphatic heterocycles. The van der Waals surface area contributed by atoms with Crippen LogP contribution < -0.4 is 5.32 Å². The minimum absolute atomic E-state index is 0.170. The van der Waals surface area contributed by atoms with Crippen LogP contribution in [0.25, 0.3) is 0 Å². The lowest BCUT2D eigenvalue weighted by molar-refractivity contribution is 0.230. The summed E-state index contributed by atoms with van der Waals surface area (Å²) >= 11 is 0. The van der Waals surface area contributed by atoms with Gasteiger partial charge in [-0.15, -0.1) is 0 Å². The zero-order valence-electron chi connectivity index (χ0n) is 12.5. The van der Waals surface area contributed by atoms with Gasteiger partial charge in [0.2, 0.25) is 0 Å². The predicted molar refractivity (Wildman–Crippen MR) is 77.9 cm³/mol. The Balaban J connectivity index is 2.69. The highest BCUT2D eigenvalue weighted by Gasteiger charge is 2.23. The van der Waals surface area contributed by atoms with Gasteiger partial charge in [0.05, 0.1) is 0 Å². The average molecular weight is 249 g/mol. The molecule has 0 saturated carbocycles. The van der Waals surface area contributed by atoms with E-state index in [1.807, 2.05) is 25.1 Å². The van der Waals surface area contributed by atoms with Crippen molar-refractivity contribution in [3.8, 4) is 5.75 Å². The molecular formula is C16H27NO. The highest BCUT2D eigenvalue weighted by Crippen LogP contribution is 2.28. The second-order valence-electron chi connectivity index (χ2n) is 6.31. The first-order valence-corrected chi connectivity index (χ1v) is 6.77. The molecule has 0 radical (unpaired) electrons. The molecule has 0 bridgehead atoms. The minimum atomic E-state index is 0.170. The Labute approximate surface area is 111 Å². The third kappa shape index (κ3) is 3.74. The second-order valence-corrected chi connectivity index (χ2v) is 6.31. The third-order valence-corrected chi connectivity index (χ3v) is 4.08. The smallest absolute Gasteiger partial charge is 0.120 e. The van der Waals surface area contributed by atoms with E-state index in [0.717, 1.165) is 17.7 Å². The van der Waals surface area contributed by atoms with Gasteiger partial charge in [-0.1, -0.05) is 39.8 Å². The van der Waals surface area contributed by atoms with Gasteiger partial charge in [-0.3, -0.25) is 0 Å². The molecule has 2 nitrogen and oxygen atoms in total. The van der Waals surface area contributed by atoms with Gasteiger partial charge >= 0.3 is 0 Å². The number of phenols is 1. The molecular weight excluding hydrogens is 222 g/mol. The molecule has 0 fully saturated rings. The van der Waals surface area contributed by atoms with Crippen molar-refractivity contribution in [2.24, 2.45) is 11.3 Å². The standard InChI is InChI=1S/C16H27NO/c1-11(2)16(5,6)10-17-13(4)14-8-7-12(3)9-15(14)18/h7-9,11,13,17-18H,10H2,1-6H3. The third-order valence-electron chi connectivity index (χ3n) is 4.08. The van der Waals surface area contributed by atoms with Gasteiger partial charge in [0.15, 0.2) is 0 Å². The monoisotopic (exact) mass is 249 g/mol. The molecule has 0 aliphatic carbocycles. The zero-order valence-corrected chi connectivity index (χ0v) is 12.5. The first kappa shape index (κ1) is 15.0. The van der Waals surface area contributed by atoms with Crippen molar-refractivity contribution >= 4 is 0 Å². The van der Waals surface area contributed by atoms with Gasteiger partial charge in [-0.25, -0.2) is 0 Å². The van der Waals surface area contributed by atoms with Gasteiger partial charge in [0.25, 0.3) is 0 Å². The number of phenolic OH excluding ortho intramolecular Hbond substituents is 1. The summed E-state index contributed by atoms with van der Waals surface area (Å²) in [5.74, 6) is 1.01. The van der Waals surface area contributed by atoms with Crippen LogP contribution in [0, 0.1) is 18.3 Å². The van der Waals surface area contributed by atoms with Gasteiger partial charge in [0, 0.05) is 18.2 Å². The number of hydrogen-bond donors (Lipinski definition) is 2. The fourth-order valence-electron chi connectivity index (χ4n) is 1.75. The molecule has 1 atom stereocenters. The van der Waals surface area contributed by atoms with E-state index in [2.05, 4.69) is 39.9 Å². The van der Waals surface area contributed by atoms with E-state index in [4.69, 9.17) is 0 Å². The molecule has 0 amide bonds. The fraction of sp³-hybridized carbons (Fsp3) is 0.625. The van der Waals surface area contributed by atoms with E-state index in [1.54, 1.807) is 0 Å². The summed E-state index contributed by atoms with van der Waals surface area (Å²) in [5.41, 5.74) is 2.32. The Morgan fingerprint density at radius 1 is 1.22 bits per heavy atom. The Hall–Kier alpha value is -1.02. The second kappa shape index (κ2) is 5.75. The van der Waals surface area contributed by atoms with Gasteiger partial charge < -0.3 is 10.4 Å². The topological polar surface area (TPSA) is 32.3 Å². The van der Waals surface area contributed by atoms with Crippen LogP contribution in [0.15, 0.2) is 18.2 Å². The minimum Gasteiger partial charge on any atom is -0.508 e. The van der Waals surface area contributed by atoms with E-state index >= 15 is 0 Å². The number of aromatic hydroxyl groups is 1. The van der Waals surface area contributed by atoms with Crippen molar-refractivity contribution in [3.63, 3.8) is 0 Å². The zero-order chi connectivity index (χ0) is 13.9. The Morgan fingerprint density at radius 3 is 2.33 bits per heavy atom. The molecule has 2 heteroatoms. The summed E-state index contributed by atoms with van der Waals surface area (Å²) in [6.45, 7) is 14.1. The van der Waals surface area contributed by atoms with E-state index < -0.39 is 0 Å². The maximum absolute atomic E-state index is 9.96. The SMILES string of the molecule is Cc1ccc(C(C)NCC(C)(C)C(C)C)c(O)c1. The maximum atomic E-state index is 9.96. The van der Waals surface area contributed by atoms with Gasteiger partial charge in [-0.05, 0) is 36.8 Å². The predicted octanol–water partition coefficient (Wildman–Crippen LogP) is 4.03. The summed E-state index contributed by atoms with van der Waals surface area (Å²) < 4.78 is 0. The van der Waals surface area contributed by atoms with E-state index in [1.165, 1.54) is 0 Å². The lowest BCUT2D eigenvalue weighted by Crippen LogP contribution is -2.34. The molecule has 2 N–H and O–H groups in total. The average Bonchev–Trinajstić information content (AvgIpc) is 2.25. The first-order valence-electron chi connectivity index (χ1n) is 6.77. The van der Waals surface area contributed by atoms with Crippen molar-refractivity contribution in [1.82, 2.24) is 5.32 Å². The van der Waals surface area contributed by atoms with Gasteiger partial charge in [-0.2, -0.15) is 0 Å². The van der Waals surface area contributed by atoms with Crippen molar-refractivity contribution in [2.75, 3.05) is 6.54 Å². The number of benzene rings is 1. The first-order chi connectivity index (χ1) is 8.24. The van der Waals surface area contributed by atoms with E-state index in [0.29, 0.717) is 11.7 Å². The number of aryl methyl sites for hydroxylation is 1. The molecule has 1 aromatic carbocycles. The molecule has 0 aliphatic rings. The van der Waals surface area contributed by atoms with E-state index in [-0.39, 0.29) is 11.5 Å². The molecule has 1 aromatic rings. The molecule has 0 spiro atoms. The van der Waals surface area contributed by atoms with Crippen LogP contribution in [-0.2, 0) is 0 Å². The quantitative estimate of drug-likeness (QED) is 0.825. The molecule has 18 heavy (non-hydrogen) atoms. The van der Waals surface area contributed by atoms with Crippen LogP contribution in [0.4, 0.5) is 0 Å². The van der Waals surface area contributed by atoms with Crippen LogP contribution in [0.2, 0.25) is 0 Å². The molecule has 0 heterocycles. The molecule has 0 saturated heterocycles. The summed E-state index contributed by atoms with van der Waals surface area (Å²) in [6.07, 6.45) is 0. The van der Waals surface area contributed by atoms with Crippen molar-refractivity contribution in [2.45, 2.75) is 47.6 Å². The molecule has 1 unspecified atom stereocenters. The highest BCUT2D eigenvalue weighted by atomic mass is 16.3. The largest absolute Gasteiger partial charge is 0.508 e. The Morgan fingerprint density at radius 2 is 1.83 bits per heavy atom. The highest BCUT2D eigenvalue weighted by molar-refractivity contribution is 5.37. The Kier molecular flexibility index (Phi) is 4.80. The van der Waals surface area contributed by atoms with Crippen molar-refractivity contribution < 1.29 is 5.11 Å². The molecule has 1 rings (SSSR count). The Bertz CT molecular complexity index is 396. The van der Waals surface area contributed by atoms with Crippen molar-refractivity contribution in [1.29, 1.82) is 0 Å². The van der Waals surface area contributed by atoms with Crippen molar-refractivity contribution in [3.05, 3.63) is 29.3 Å². The number of hydrogen-bond acceptors (Lipinski definition) is 2. The summed E-state index contributed by atoms with van der Waals surface area (Å²) in [6, 6.07) is 6.04.